The lowest BCUT2D eigenvalue weighted by molar-refractivity contribution is 0.0931. The van der Waals surface area contributed by atoms with E-state index in [9.17, 15) is 4.79 Å². The molecule has 6 nitrogen and oxygen atoms in total. The number of aryl methyl sites for hydroxylation is 4. The number of fused-ring (bicyclic) bond motifs is 2. The van der Waals surface area contributed by atoms with Gasteiger partial charge in [0.15, 0.2) is 0 Å². The lowest BCUT2D eigenvalue weighted by Gasteiger charge is -2.24. The second-order valence-corrected chi connectivity index (χ2v) is 7.30. The zero-order valence-electron chi connectivity index (χ0n) is 14.0. The minimum atomic E-state index is -0.0129. The summed E-state index contributed by atoms with van der Waals surface area (Å²) in [5.74, 6) is 1.83. The Kier molecular flexibility index (Phi) is 3.60. The van der Waals surface area contributed by atoms with Gasteiger partial charge < -0.3 is 9.88 Å². The number of hydrogen-bond donors (Lipinski definition) is 1. The van der Waals surface area contributed by atoms with Crippen LogP contribution in [0.1, 0.15) is 39.0 Å². The fourth-order valence-corrected chi connectivity index (χ4v) is 4.61. The van der Waals surface area contributed by atoms with Crippen LogP contribution in [0.5, 0.6) is 0 Å². The van der Waals surface area contributed by atoms with Gasteiger partial charge in [0, 0.05) is 42.5 Å². The molecule has 0 aromatic carbocycles. The van der Waals surface area contributed by atoms with Crippen LogP contribution in [0.25, 0.3) is 10.2 Å². The van der Waals surface area contributed by atoms with Crippen LogP contribution < -0.4 is 5.32 Å². The van der Waals surface area contributed by atoms with Crippen molar-refractivity contribution < 1.29 is 4.79 Å². The van der Waals surface area contributed by atoms with Gasteiger partial charge >= 0.3 is 0 Å². The zero-order chi connectivity index (χ0) is 16.8. The van der Waals surface area contributed by atoms with Crippen LogP contribution in [-0.2, 0) is 13.0 Å². The molecule has 4 rings (SSSR count). The second-order valence-electron chi connectivity index (χ2n) is 6.30. The fraction of sp³-hybridized carbons (Fsp3) is 0.412. The summed E-state index contributed by atoms with van der Waals surface area (Å²) in [6.45, 7) is 6.61. The summed E-state index contributed by atoms with van der Waals surface area (Å²) in [5.41, 5.74) is 1.91. The number of nitrogens with zero attached hydrogens (tertiary/aromatic N) is 4. The molecular weight excluding hydrogens is 322 g/mol. The average molecular weight is 341 g/mol. The second kappa shape index (κ2) is 5.66. The van der Waals surface area contributed by atoms with E-state index in [1.54, 1.807) is 0 Å². The third kappa shape index (κ3) is 2.49. The van der Waals surface area contributed by atoms with Gasteiger partial charge in [0.05, 0.1) is 4.88 Å². The van der Waals surface area contributed by atoms with E-state index in [0.29, 0.717) is 0 Å². The van der Waals surface area contributed by atoms with Gasteiger partial charge in [-0.15, -0.1) is 11.3 Å². The quantitative estimate of drug-likeness (QED) is 0.777. The van der Waals surface area contributed by atoms with Crippen molar-refractivity contribution in [1.82, 2.24) is 24.8 Å². The van der Waals surface area contributed by atoms with E-state index in [0.717, 1.165) is 57.4 Å². The molecule has 4 heterocycles. The lowest BCUT2D eigenvalue weighted by atomic mass is 10.1. The Morgan fingerprint density at radius 1 is 1.33 bits per heavy atom. The van der Waals surface area contributed by atoms with Crippen molar-refractivity contribution in [2.24, 2.45) is 0 Å². The van der Waals surface area contributed by atoms with Crippen molar-refractivity contribution in [3.63, 3.8) is 0 Å². The van der Waals surface area contributed by atoms with Gasteiger partial charge in [-0.2, -0.15) is 0 Å². The smallest absolute Gasteiger partial charge is 0.262 e. The molecule has 0 saturated heterocycles. The predicted molar refractivity (Wildman–Crippen MR) is 93.4 cm³/mol. The third-order valence-corrected chi connectivity index (χ3v) is 5.74. The maximum Gasteiger partial charge on any atom is 0.262 e. The number of carbonyl (C=O) groups is 1. The first kappa shape index (κ1) is 15.3. The molecule has 124 valence electrons. The molecule has 1 N–H and O–H groups in total. The molecule has 7 heteroatoms. The summed E-state index contributed by atoms with van der Waals surface area (Å²) in [5, 5.41) is 4.19. The first-order valence-corrected chi connectivity index (χ1v) is 8.90. The van der Waals surface area contributed by atoms with Gasteiger partial charge in [0.25, 0.3) is 5.91 Å². The molecule has 1 aliphatic rings. The van der Waals surface area contributed by atoms with E-state index in [1.807, 2.05) is 33.2 Å². The van der Waals surface area contributed by atoms with Gasteiger partial charge in [-0.25, -0.2) is 15.0 Å². The van der Waals surface area contributed by atoms with E-state index in [-0.39, 0.29) is 11.9 Å². The Morgan fingerprint density at radius 3 is 3.00 bits per heavy atom. The monoisotopic (exact) mass is 341 g/mol. The minimum absolute atomic E-state index is 0.0129. The standard InChI is InChI=1S/C17H19N5OS/c1-9-14-10(2)19-11(3)20-17(14)24-15(9)16(23)21-12-4-5-13-18-6-7-22(13)8-12/h6-7,12H,4-5,8H2,1-3H3,(H,21,23)/t12-/m1/s1. The Balaban J connectivity index is 1.60. The number of hydrogen-bond acceptors (Lipinski definition) is 5. The number of imidazole rings is 1. The number of nitrogens with one attached hydrogen (secondary N) is 1. The summed E-state index contributed by atoms with van der Waals surface area (Å²) < 4.78 is 2.12. The molecule has 1 amide bonds. The zero-order valence-corrected chi connectivity index (χ0v) is 14.8. The highest BCUT2D eigenvalue weighted by molar-refractivity contribution is 7.20. The SMILES string of the molecule is Cc1nc(C)c2c(C)c(C(=O)N[C@@H]3CCc4nccn4C3)sc2n1. The van der Waals surface area contributed by atoms with Gasteiger partial charge in [-0.05, 0) is 32.8 Å². The average Bonchev–Trinajstić information content (AvgIpc) is 3.11. The highest BCUT2D eigenvalue weighted by atomic mass is 32.1. The lowest BCUT2D eigenvalue weighted by Crippen LogP contribution is -2.40. The molecule has 24 heavy (non-hydrogen) atoms. The molecule has 0 aliphatic carbocycles. The Morgan fingerprint density at radius 2 is 2.17 bits per heavy atom. The molecular formula is C17H19N5OS. The van der Waals surface area contributed by atoms with Crippen molar-refractivity contribution in [1.29, 1.82) is 0 Å². The molecule has 3 aromatic heterocycles. The molecule has 3 aromatic rings. The van der Waals surface area contributed by atoms with E-state index in [2.05, 4.69) is 24.8 Å². The topological polar surface area (TPSA) is 72.7 Å². The Labute approximate surface area is 144 Å². The fourth-order valence-electron chi connectivity index (χ4n) is 3.43. The molecule has 0 bridgehead atoms. The van der Waals surface area contributed by atoms with Gasteiger partial charge in [0.2, 0.25) is 0 Å². The number of aromatic nitrogens is 4. The molecule has 1 aliphatic heterocycles. The van der Waals surface area contributed by atoms with Crippen LogP contribution >= 0.6 is 11.3 Å². The third-order valence-electron chi connectivity index (χ3n) is 4.56. The van der Waals surface area contributed by atoms with Crippen LogP contribution in [0.2, 0.25) is 0 Å². The minimum Gasteiger partial charge on any atom is -0.347 e. The van der Waals surface area contributed by atoms with Gasteiger partial charge in [-0.1, -0.05) is 0 Å². The number of amides is 1. The predicted octanol–water partition coefficient (Wildman–Crippen LogP) is 2.56. The summed E-state index contributed by atoms with van der Waals surface area (Å²) in [7, 11) is 0. The normalized spacial score (nSPS) is 17.0. The molecule has 0 spiro atoms. The summed E-state index contributed by atoms with van der Waals surface area (Å²) >= 11 is 1.45. The highest BCUT2D eigenvalue weighted by Crippen LogP contribution is 2.31. The number of thiophene rings is 1. The summed E-state index contributed by atoms with van der Waals surface area (Å²) in [6, 6.07) is 0.137. The van der Waals surface area contributed by atoms with Crippen molar-refractivity contribution >= 4 is 27.5 Å². The van der Waals surface area contributed by atoms with Crippen LogP contribution in [-0.4, -0.2) is 31.5 Å². The van der Waals surface area contributed by atoms with Crippen LogP contribution in [0.3, 0.4) is 0 Å². The molecule has 0 fully saturated rings. The maximum absolute atomic E-state index is 12.8. The van der Waals surface area contributed by atoms with Crippen molar-refractivity contribution in [2.75, 3.05) is 0 Å². The molecule has 0 radical (unpaired) electrons. The molecule has 0 saturated carbocycles. The van der Waals surface area contributed by atoms with Crippen molar-refractivity contribution in [2.45, 2.75) is 46.2 Å². The number of rotatable bonds is 2. The van der Waals surface area contributed by atoms with Crippen LogP contribution in [0, 0.1) is 20.8 Å². The van der Waals surface area contributed by atoms with Crippen LogP contribution in [0.15, 0.2) is 12.4 Å². The first-order valence-electron chi connectivity index (χ1n) is 8.08. The van der Waals surface area contributed by atoms with E-state index in [4.69, 9.17) is 0 Å². The summed E-state index contributed by atoms with van der Waals surface area (Å²) in [6.07, 6.45) is 5.61. The van der Waals surface area contributed by atoms with Crippen LogP contribution in [0.4, 0.5) is 0 Å². The number of carbonyl (C=O) groups excluding carboxylic acids is 1. The van der Waals surface area contributed by atoms with E-state index < -0.39 is 0 Å². The van der Waals surface area contributed by atoms with Crippen molar-refractivity contribution in [3.05, 3.63) is 40.2 Å². The molecule has 0 unspecified atom stereocenters. The van der Waals surface area contributed by atoms with Gasteiger partial charge in [-0.3, -0.25) is 4.79 Å². The Hall–Kier alpha value is -2.28. The first-order chi connectivity index (χ1) is 11.5. The molecule has 1 atom stereocenters. The maximum atomic E-state index is 12.8. The van der Waals surface area contributed by atoms with Gasteiger partial charge in [0.1, 0.15) is 16.5 Å². The Bertz CT molecular complexity index is 942. The largest absolute Gasteiger partial charge is 0.347 e. The highest BCUT2D eigenvalue weighted by Gasteiger charge is 2.24. The van der Waals surface area contributed by atoms with E-state index in [1.165, 1.54) is 11.3 Å². The van der Waals surface area contributed by atoms with E-state index >= 15 is 0 Å². The van der Waals surface area contributed by atoms with Crippen molar-refractivity contribution in [3.8, 4) is 0 Å². The summed E-state index contributed by atoms with van der Waals surface area (Å²) in [4.78, 5) is 27.6.